The van der Waals surface area contributed by atoms with E-state index in [4.69, 9.17) is 8.83 Å². The second-order valence-corrected chi connectivity index (χ2v) is 6.06. The van der Waals surface area contributed by atoms with Crippen molar-refractivity contribution >= 4 is 22.2 Å². The molecule has 4 nitrogen and oxygen atoms in total. The van der Waals surface area contributed by atoms with Crippen LogP contribution >= 0.6 is 0 Å². The Balaban J connectivity index is 1.66. The lowest BCUT2D eigenvalue weighted by Gasteiger charge is -2.02. The summed E-state index contributed by atoms with van der Waals surface area (Å²) in [4.78, 5) is 9.17. The Labute approximate surface area is 143 Å². The lowest BCUT2D eigenvalue weighted by Crippen LogP contribution is -1.84. The number of hydrogen-bond acceptors (Lipinski definition) is 4. The van der Waals surface area contributed by atoms with Gasteiger partial charge >= 0.3 is 0 Å². The molecule has 0 fully saturated rings. The molecule has 25 heavy (non-hydrogen) atoms. The standard InChI is InChI=1S/C21H14N2O2/c1-13-10-14(20-22-16-6-2-4-8-18(16)24-20)12-15(11-13)21-23-17-7-3-5-9-19(17)25-21/h2-12H,1H3. The van der Waals surface area contributed by atoms with E-state index in [0.29, 0.717) is 11.8 Å². The Morgan fingerprint density at radius 3 is 1.60 bits per heavy atom. The summed E-state index contributed by atoms with van der Waals surface area (Å²) in [6, 6.07) is 21.6. The van der Waals surface area contributed by atoms with Gasteiger partial charge in [0.25, 0.3) is 0 Å². The minimum absolute atomic E-state index is 0.599. The molecule has 0 bridgehead atoms. The van der Waals surface area contributed by atoms with Gasteiger partial charge in [-0.25, -0.2) is 9.97 Å². The first-order chi connectivity index (χ1) is 12.3. The van der Waals surface area contributed by atoms with E-state index in [9.17, 15) is 0 Å². The molecule has 0 saturated carbocycles. The van der Waals surface area contributed by atoms with Crippen LogP contribution in [0.15, 0.2) is 75.6 Å². The van der Waals surface area contributed by atoms with Gasteiger partial charge < -0.3 is 8.83 Å². The van der Waals surface area contributed by atoms with Crippen LogP contribution in [0.1, 0.15) is 5.56 Å². The SMILES string of the molecule is Cc1cc(-c2nc3ccccc3o2)cc(-c2nc3ccccc3o2)c1. The van der Waals surface area contributed by atoms with E-state index in [2.05, 4.69) is 22.1 Å². The molecule has 0 aliphatic rings. The molecule has 0 unspecified atom stereocenters. The Morgan fingerprint density at radius 1 is 0.640 bits per heavy atom. The maximum absolute atomic E-state index is 5.90. The maximum atomic E-state index is 5.90. The minimum atomic E-state index is 0.599. The van der Waals surface area contributed by atoms with E-state index in [1.807, 2.05) is 61.5 Å². The lowest BCUT2D eigenvalue weighted by atomic mass is 10.1. The number of para-hydroxylation sites is 4. The molecule has 3 aromatic carbocycles. The van der Waals surface area contributed by atoms with Crippen LogP contribution in [0, 0.1) is 6.92 Å². The van der Waals surface area contributed by atoms with Crippen LogP contribution in [0.2, 0.25) is 0 Å². The van der Waals surface area contributed by atoms with Crippen LogP contribution in [-0.2, 0) is 0 Å². The van der Waals surface area contributed by atoms with Gasteiger partial charge in [-0.05, 0) is 55.0 Å². The Kier molecular flexibility index (Phi) is 2.97. The monoisotopic (exact) mass is 326 g/mol. The number of benzene rings is 3. The van der Waals surface area contributed by atoms with Gasteiger partial charge in [0.15, 0.2) is 11.2 Å². The maximum Gasteiger partial charge on any atom is 0.227 e. The predicted octanol–water partition coefficient (Wildman–Crippen LogP) is 5.61. The second kappa shape index (κ2) is 5.31. The van der Waals surface area contributed by atoms with Crippen molar-refractivity contribution in [2.24, 2.45) is 0 Å². The molecule has 2 heterocycles. The van der Waals surface area contributed by atoms with Gasteiger partial charge in [0.2, 0.25) is 11.8 Å². The van der Waals surface area contributed by atoms with E-state index >= 15 is 0 Å². The van der Waals surface area contributed by atoms with Gasteiger partial charge in [-0.15, -0.1) is 0 Å². The zero-order valence-corrected chi connectivity index (χ0v) is 13.6. The summed E-state index contributed by atoms with van der Waals surface area (Å²) >= 11 is 0. The van der Waals surface area contributed by atoms with Gasteiger partial charge in [-0.2, -0.15) is 0 Å². The third-order valence-corrected chi connectivity index (χ3v) is 4.16. The van der Waals surface area contributed by atoms with Gasteiger partial charge in [-0.1, -0.05) is 24.3 Å². The van der Waals surface area contributed by atoms with Crippen molar-refractivity contribution in [2.45, 2.75) is 6.92 Å². The number of hydrogen-bond donors (Lipinski definition) is 0. The molecule has 0 aliphatic heterocycles. The molecule has 120 valence electrons. The fourth-order valence-corrected chi connectivity index (χ4v) is 3.02. The van der Waals surface area contributed by atoms with Crippen molar-refractivity contribution in [3.05, 3.63) is 72.3 Å². The van der Waals surface area contributed by atoms with Crippen LogP contribution in [0.3, 0.4) is 0 Å². The summed E-state index contributed by atoms with van der Waals surface area (Å²) in [5, 5.41) is 0. The molecule has 0 aliphatic carbocycles. The molecule has 5 aromatic rings. The smallest absolute Gasteiger partial charge is 0.227 e. The lowest BCUT2D eigenvalue weighted by molar-refractivity contribution is 0.617. The van der Waals surface area contributed by atoms with Crippen molar-refractivity contribution in [3.63, 3.8) is 0 Å². The van der Waals surface area contributed by atoms with Crippen molar-refractivity contribution < 1.29 is 8.83 Å². The zero-order chi connectivity index (χ0) is 16.8. The predicted molar refractivity (Wildman–Crippen MR) is 97.2 cm³/mol. The molecule has 0 N–H and O–H groups in total. The molecule has 2 aromatic heterocycles. The highest BCUT2D eigenvalue weighted by Crippen LogP contribution is 2.31. The molecular formula is C21H14N2O2. The number of aromatic nitrogens is 2. The summed E-state index contributed by atoms with van der Waals surface area (Å²) < 4.78 is 11.8. The number of oxazole rings is 2. The van der Waals surface area contributed by atoms with Crippen molar-refractivity contribution in [2.75, 3.05) is 0 Å². The van der Waals surface area contributed by atoms with E-state index in [1.165, 1.54) is 0 Å². The molecule has 0 radical (unpaired) electrons. The molecule has 0 amide bonds. The van der Waals surface area contributed by atoms with Crippen molar-refractivity contribution in [3.8, 4) is 22.9 Å². The van der Waals surface area contributed by atoms with Crippen molar-refractivity contribution in [1.29, 1.82) is 0 Å². The minimum Gasteiger partial charge on any atom is -0.436 e. The largest absolute Gasteiger partial charge is 0.436 e. The molecule has 5 rings (SSSR count). The summed E-state index contributed by atoms with van der Waals surface area (Å²) in [6.45, 7) is 2.04. The van der Waals surface area contributed by atoms with Crippen molar-refractivity contribution in [1.82, 2.24) is 9.97 Å². The number of fused-ring (bicyclic) bond motifs is 2. The summed E-state index contributed by atoms with van der Waals surface area (Å²) in [5.74, 6) is 1.20. The normalized spacial score (nSPS) is 11.4. The average Bonchev–Trinajstić information content (AvgIpc) is 3.25. The van der Waals surface area contributed by atoms with Crippen LogP contribution in [-0.4, -0.2) is 9.97 Å². The van der Waals surface area contributed by atoms with E-state index in [1.54, 1.807) is 0 Å². The van der Waals surface area contributed by atoms with Crippen LogP contribution in [0.4, 0.5) is 0 Å². The van der Waals surface area contributed by atoms with E-state index < -0.39 is 0 Å². The number of nitrogens with zero attached hydrogens (tertiary/aromatic N) is 2. The molecule has 4 heteroatoms. The van der Waals surface area contributed by atoms with Gasteiger partial charge in [0.1, 0.15) is 11.0 Å². The molecule has 0 spiro atoms. The van der Waals surface area contributed by atoms with Gasteiger partial charge in [0.05, 0.1) is 0 Å². The number of rotatable bonds is 2. The zero-order valence-electron chi connectivity index (χ0n) is 13.6. The highest BCUT2D eigenvalue weighted by Gasteiger charge is 2.13. The van der Waals surface area contributed by atoms with Crippen LogP contribution in [0.25, 0.3) is 45.1 Å². The first kappa shape index (κ1) is 14.0. The first-order valence-electron chi connectivity index (χ1n) is 8.10. The van der Waals surface area contributed by atoms with E-state index in [-0.39, 0.29) is 0 Å². The highest BCUT2D eigenvalue weighted by molar-refractivity contribution is 5.79. The average molecular weight is 326 g/mol. The highest BCUT2D eigenvalue weighted by atomic mass is 16.4. The first-order valence-corrected chi connectivity index (χ1v) is 8.10. The number of aryl methyl sites for hydroxylation is 1. The van der Waals surface area contributed by atoms with E-state index in [0.717, 1.165) is 38.9 Å². The topological polar surface area (TPSA) is 52.1 Å². The molecular weight excluding hydrogens is 312 g/mol. The summed E-state index contributed by atoms with van der Waals surface area (Å²) in [7, 11) is 0. The third kappa shape index (κ3) is 2.39. The Morgan fingerprint density at radius 2 is 1.12 bits per heavy atom. The Hall–Kier alpha value is -3.40. The quantitative estimate of drug-likeness (QED) is 0.423. The van der Waals surface area contributed by atoms with Gasteiger partial charge in [-0.3, -0.25) is 0 Å². The molecule has 0 saturated heterocycles. The van der Waals surface area contributed by atoms with Crippen LogP contribution in [0.5, 0.6) is 0 Å². The fraction of sp³-hybridized carbons (Fsp3) is 0.0476. The van der Waals surface area contributed by atoms with Crippen LogP contribution < -0.4 is 0 Å². The second-order valence-electron chi connectivity index (χ2n) is 6.06. The fourth-order valence-electron chi connectivity index (χ4n) is 3.02. The third-order valence-electron chi connectivity index (χ3n) is 4.16. The summed E-state index contributed by atoms with van der Waals surface area (Å²) in [6.07, 6.45) is 0. The summed E-state index contributed by atoms with van der Waals surface area (Å²) in [5.41, 5.74) is 6.17. The van der Waals surface area contributed by atoms with Gasteiger partial charge in [0, 0.05) is 11.1 Å². The molecule has 0 atom stereocenters. The Bertz CT molecular complexity index is 1060.